The molecule has 0 N–H and O–H groups in total. The summed E-state index contributed by atoms with van der Waals surface area (Å²) in [6, 6.07) is 19.8. The first-order valence-electron chi connectivity index (χ1n) is 12.8. The van der Waals surface area contributed by atoms with Crippen LogP contribution < -0.4 is 67.0 Å². The van der Waals surface area contributed by atoms with Crippen molar-refractivity contribution in [3.05, 3.63) is 94.1 Å². The minimum Gasteiger partial charge on any atom is -1.00 e. The Bertz CT molecular complexity index is 1310. The molecule has 0 saturated carbocycles. The third-order valence-electron chi connectivity index (χ3n) is 8.35. The fourth-order valence-corrected chi connectivity index (χ4v) is 12.4. The second-order valence-electron chi connectivity index (χ2n) is 10.5. The van der Waals surface area contributed by atoms with Crippen molar-refractivity contribution in [3.63, 3.8) is 0 Å². The molecule has 1 atom stereocenters. The number of hydrogen-bond acceptors (Lipinski definition) is 3. The number of halogens is 3. The number of aryl methyl sites for hydroxylation is 3. The van der Waals surface area contributed by atoms with Gasteiger partial charge in [-0.2, -0.15) is 11.1 Å². The normalized spacial score (nSPS) is 15.9. The predicted molar refractivity (Wildman–Crippen MR) is 157 cm³/mol. The van der Waals surface area contributed by atoms with Crippen molar-refractivity contribution < 1.29 is 73.1 Å². The van der Waals surface area contributed by atoms with Crippen molar-refractivity contribution in [3.8, 4) is 17.2 Å². The SMILES string of the molecule is COc1cc(C)ccc1[Si](c1ccc(C)cc1OC)(c1ccc(C)cc1OC)C1(C)[C-]=C(C)C(C)=C1C.[Cl-].[Cl-].[Cl-].[Ti+4]. The zero-order valence-electron chi connectivity index (χ0n) is 25.6. The minimum atomic E-state index is -3.09. The monoisotopic (exact) mass is 664 g/mol. The van der Waals surface area contributed by atoms with Gasteiger partial charge in [0, 0.05) is 0 Å². The molecule has 4 rings (SSSR count). The van der Waals surface area contributed by atoms with Crippen LogP contribution >= 0.6 is 0 Å². The molecule has 0 amide bonds. The van der Waals surface area contributed by atoms with E-state index in [0.717, 1.165) is 33.9 Å². The quantitative estimate of drug-likeness (QED) is 0.153. The summed E-state index contributed by atoms with van der Waals surface area (Å²) >= 11 is 0. The van der Waals surface area contributed by atoms with E-state index in [1.165, 1.54) is 32.3 Å². The summed E-state index contributed by atoms with van der Waals surface area (Å²) < 4.78 is 18.5. The van der Waals surface area contributed by atoms with E-state index < -0.39 is 13.1 Å². The smallest absolute Gasteiger partial charge is 1.00 e. The Morgan fingerprint density at radius 1 is 0.585 bits per heavy atom. The van der Waals surface area contributed by atoms with Gasteiger partial charge in [-0.1, -0.05) is 62.2 Å². The van der Waals surface area contributed by atoms with Gasteiger partial charge in [0.2, 0.25) is 0 Å². The Morgan fingerprint density at radius 2 is 0.902 bits per heavy atom. The van der Waals surface area contributed by atoms with E-state index in [4.69, 9.17) is 14.2 Å². The number of benzene rings is 3. The molecule has 1 unspecified atom stereocenters. The third-order valence-corrected chi connectivity index (χ3v) is 14.0. The van der Waals surface area contributed by atoms with Crippen LogP contribution in [-0.4, -0.2) is 29.4 Å². The molecule has 218 valence electrons. The average Bonchev–Trinajstić information content (AvgIpc) is 3.08. The molecule has 0 bridgehead atoms. The summed E-state index contributed by atoms with van der Waals surface area (Å²) in [7, 11) is 2.22. The predicted octanol–water partition coefficient (Wildman–Crippen LogP) is -3.02. The van der Waals surface area contributed by atoms with Crippen molar-refractivity contribution in [2.45, 2.75) is 53.5 Å². The molecule has 0 spiro atoms. The largest absolute Gasteiger partial charge is 4.00 e. The molecule has 8 heteroatoms. The van der Waals surface area contributed by atoms with Crippen LogP contribution in [-0.2, 0) is 21.7 Å². The Morgan fingerprint density at radius 3 is 1.15 bits per heavy atom. The summed E-state index contributed by atoms with van der Waals surface area (Å²) in [5.74, 6) is 2.65. The van der Waals surface area contributed by atoms with E-state index in [2.05, 4.69) is 109 Å². The first kappa shape index (κ1) is 39.3. The molecule has 3 aromatic rings. The van der Waals surface area contributed by atoms with Gasteiger partial charge in [0.05, 0.1) is 21.3 Å². The molecule has 3 nitrogen and oxygen atoms in total. The topological polar surface area (TPSA) is 27.7 Å². The molecule has 1 aliphatic carbocycles. The molecule has 1 aliphatic rings. The molecule has 0 heterocycles. The molecule has 0 saturated heterocycles. The molecular weight excluding hydrogens is 627 g/mol. The molecule has 0 aromatic heterocycles. The van der Waals surface area contributed by atoms with Gasteiger partial charge in [0.25, 0.3) is 0 Å². The van der Waals surface area contributed by atoms with Crippen molar-refractivity contribution in [2.75, 3.05) is 21.3 Å². The number of methoxy groups -OCH3 is 3. The number of rotatable bonds is 7. The zero-order valence-corrected chi connectivity index (χ0v) is 30.4. The van der Waals surface area contributed by atoms with Gasteiger partial charge >= 0.3 is 21.7 Å². The average molecular weight is 666 g/mol. The van der Waals surface area contributed by atoms with E-state index in [1.54, 1.807) is 21.3 Å². The van der Waals surface area contributed by atoms with Gasteiger partial charge in [-0.05, 0) is 71.2 Å². The Hall–Kier alpha value is -1.66. The van der Waals surface area contributed by atoms with Crippen LogP contribution in [0.1, 0.15) is 44.4 Å². The fourth-order valence-electron chi connectivity index (χ4n) is 6.16. The van der Waals surface area contributed by atoms with E-state index in [0.29, 0.717) is 0 Å². The van der Waals surface area contributed by atoms with Crippen LogP contribution in [0.15, 0.2) is 71.3 Å². The third kappa shape index (κ3) is 6.34. The maximum atomic E-state index is 6.17. The first-order valence-corrected chi connectivity index (χ1v) is 14.8. The second kappa shape index (κ2) is 15.2. The van der Waals surface area contributed by atoms with Crippen LogP contribution in [0.4, 0.5) is 0 Å². The van der Waals surface area contributed by atoms with E-state index >= 15 is 0 Å². The summed E-state index contributed by atoms with van der Waals surface area (Å²) in [6.07, 6.45) is 4.00. The number of hydrogen-bond donors (Lipinski definition) is 0. The maximum Gasteiger partial charge on any atom is 4.00 e. The van der Waals surface area contributed by atoms with Crippen molar-refractivity contribution in [1.29, 1.82) is 0 Å². The van der Waals surface area contributed by atoms with Crippen LogP contribution in [0.5, 0.6) is 17.2 Å². The first-order chi connectivity index (χ1) is 17.5. The molecule has 0 radical (unpaired) electrons. The Balaban J connectivity index is 0.00000400. The fraction of sp³-hybridized carbons (Fsp3) is 0.333. The Kier molecular flexibility index (Phi) is 14.6. The van der Waals surface area contributed by atoms with Gasteiger partial charge < -0.3 is 51.4 Å². The summed E-state index contributed by atoms with van der Waals surface area (Å²) in [5.41, 5.74) is 7.29. The molecule has 0 fully saturated rings. The van der Waals surface area contributed by atoms with Crippen LogP contribution in [0.3, 0.4) is 0 Å². The van der Waals surface area contributed by atoms with E-state index in [1.807, 2.05) is 0 Å². The van der Waals surface area contributed by atoms with E-state index in [9.17, 15) is 0 Å². The summed E-state index contributed by atoms with van der Waals surface area (Å²) in [6.45, 7) is 15.3. The number of ether oxygens (including phenoxy) is 3. The van der Waals surface area contributed by atoms with Gasteiger partial charge in [0.15, 0.2) is 8.07 Å². The zero-order chi connectivity index (χ0) is 27.1. The molecule has 41 heavy (non-hydrogen) atoms. The maximum absolute atomic E-state index is 6.17. The minimum absolute atomic E-state index is 0. The van der Waals surface area contributed by atoms with Crippen molar-refractivity contribution in [2.24, 2.45) is 0 Å². The molecule has 3 aromatic carbocycles. The molecule has 0 aliphatic heterocycles. The van der Waals surface area contributed by atoms with Gasteiger partial charge in [0.1, 0.15) is 17.2 Å². The molecular formula is C33H39Cl3O3SiTi. The van der Waals surface area contributed by atoms with Gasteiger partial charge in [-0.3, -0.25) is 6.08 Å². The van der Waals surface area contributed by atoms with Gasteiger partial charge in [-0.15, -0.1) is 6.92 Å². The van der Waals surface area contributed by atoms with Crippen molar-refractivity contribution in [1.82, 2.24) is 0 Å². The summed E-state index contributed by atoms with van der Waals surface area (Å²) in [4.78, 5) is 0. The van der Waals surface area contributed by atoms with Crippen molar-refractivity contribution >= 4 is 23.6 Å². The van der Waals surface area contributed by atoms with E-state index in [-0.39, 0.29) is 58.9 Å². The van der Waals surface area contributed by atoms with Gasteiger partial charge in [-0.25, -0.2) is 5.57 Å². The second-order valence-corrected chi connectivity index (χ2v) is 14.6. The number of allylic oxidation sites excluding steroid dienone is 4. The van der Waals surface area contributed by atoms with Crippen LogP contribution in [0, 0.1) is 26.8 Å². The summed E-state index contributed by atoms with van der Waals surface area (Å²) in [5, 5.41) is 3.11. The van der Waals surface area contributed by atoms with Crippen LogP contribution in [0.2, 0.25) is 5.04 Å². The standard InChI is InChI=1S/C33H39O3Si.3ClH.Ti/c1-21-11-14-30(27(17-21)34-8)37(31-15-12-22(2)18-28(31)35-9,32-16-13-23(3)19-29(32)36-10)33(7)20-24(4)25(5)26(33)6;;;;/h11-19H,1-10H3;3*1H;/q-1;;;;+4/p-3. The van der Waals surface area contributed by atoms with Crippen LogP contribution in [0.25, 0.3) is 0 Å². The Labute approximate surface area is 281 Å².